The third kappa shape index (κ3) is 3.88. The molecule has 0 aromatic rings. The van der Waals surface area contributed by atoms with E-state index >= 15 is 0 Å². The van der Waals surface area contributed by atoms with Gasteiger partial charge in [0.1, 0.15) is 0 Å². The summed E-state index contributed by atoms with van der Waals surface area (Å²) in [5.41, 5.74) is 6.11. The third-order valence-corrected chi connectivity index (χ3v) is 4.21. The van der Waals surface area contributed by atoms with Gasteiger partial charge in [-0.3, -0.25) is 0 Å². The molecule has 0 aromatic carbocycles. The van der Waals surface area contributed by atoms with Crippen LogP contribution in [0.2, 0.25) is 0 Å². The molecule has 2 unspecified atom stereocenters. The summed E-state index contributed by atoms with van der Waals surface area (Å²) in [6.07, 6.45) is 5.77. The number of nitrogens with two attached hydrogens (primary N) is 1. The van der Waals surface area contributed by atoms with E-state index in [1.54, 1.807) is 0 Å². The Labute approximate surface area is 102 Å². The van der Waals surface area contributed by atoms with Crippen molar-refractivity contribution < 1.29 is 13.5 Å². The van der Waals surface area contributed by atoms with Crippen LogP contribution in [0, 0.1) is 5.92 Å². The number of halogens is 2. The topological polar surface area (TPSA) is 35.2 Å². The van der Waals surface area contributed by atoms with Crippen LogP contribution in [0.1, 0.15) is 51.4 Å². The van der Waals surface area contributed by atoms with Crippen molar-refractivity contribution in [1.82, 2.24) is 0 Å². The van der Waals surface area contributed by atoms with Crippen LogP contribution in [-0.4, -0.2) is 24.7 Å². The summed E-state index contributed by atoms with van der Waals surface area (Å²) in [6, 6.07) is 0.0790. The minimum atomic E-state index is -2.44. The summed E-state index contributed by atoms with van der Waals surface area (Å²) in [6.45, 7) is 0.871. The summed E-state index contributed by atoms with van der Waals surface area (Å²) in [4.78, 5) is 0. The molecule has 17 heavy (non-hydrogen) atoms. The molecule has 2 nitrogen and oxygen atoms in total. The molecule has 4 heteroatoms. The zero-order chi connectivity index (χ0) is 12.3. The quantitative estimate of drug-likeness (QED) is 0.828. The van der Waals surface area contributed by atoms with Crippen molar-refractivity contribution >= 4 is 0 Å². The Bertz CT molecular complexity index is 232. The van der Waals surface area contributed by atoms with E-state index in [1.807, 2.05) is 0 Å². The first kappa shape index (κ1) is 13.2. The van der Waals surface area contributed by atoms with Crippen LogP contribution in [0.4, 0.5) is 8.78 Å². The Morgan fingerprint density at radius 3 is 2.53 bits per heavy atom. The highest BCUT2D eigenvalue weighted by Crippen LogP contribution is 2.37. The molecule has 2 N–H and O–H groups in total. The lowest BCUT2D eigenvalue weighted by Gasteiger charge is -2.32. The zero-order valence-electron chi connectivity index (χ0n) is 10.3. The molecule has 1 aliphatic heterocycles. The molecule has 0 amide bonds. The van der Waals surface area contributed by atoms with E-state index < -0.39 is 5.92 Å². The fourth-order valence-electron chi connectivity index (χ4n) is 2.98. The number of hydrogen-bond donors (Lipinski definition) is 1. The van der Waals surface area contributed by atoms with Crippen LogP contribution in [0.3, 0.4) is 0 Å². The minimum absolute atomic E-state index is 0.0191. The summed E-state index contributed by atoms with van der Waals surface area (Å²) >= 11 is 0. The first-order valence-corrected chi connectivity index (χ1v) is 6.82. The molecule has 2 aliphatic rings. The van der Waals surface area contributed by atoms with Crippen molar-refractivity contribution in [3.63, 3.8) is 0 Å². The summed E-state index contributed by atoms with van der Waals surface area (Å²) < 4.78 is 31.6. The first-order chi connectivity index (χ1) is 8.07. The van der Waals surface area contributed by atoms with E-state index in [-0.39, 0.29) is 24.8 Å². The maximum Gasteiger partial charge on any atom is 0.248 e. The molecule has 1 saturated heterocycles. The van der Waals surface area contributed by atoms with Gasteiger partial charge in [0.05, 0.1) is 6.10 Å². The third-order valence-electron chi connectivity index (χ3n) is 4.21. The molecule has 100 valence electrons. The highest BCUT2D eigenvalue weighted by molar-refractivity contribution is 4.84. The monoisotopic (exact) mass is 247 g/mol. The highest BCUT2D eigenvalue weighted by Gasteiger charge is 2.36. The Morgan fingerprint density at radius 1 is 1.24 bits per heavy atom. The van der Waals surface area contributed by atoms with Gasteiger partial charge in [0.15, 0.2) is 0 Å². The number of hydrogen-bond acceptors (Lipinski definition) is 2. The SMILES string of the molecule is NC(CCC1CCCO1)C1CCC(F)(F)CC1. The van der Waals surface area contributed by atoms with Crippen LogP contribution >= 0.6 is 0 Å². The second-order valence-electron chi connectivity index (χ2n) is 5.57. The van der Waals surface area contributed by atoms with Crippen LogP contribution in [0.5, 0.6) is 0 Å². The van der Waals surface area contributed by atoms with E-state index in [2.05, 4.69) is 0 Å². The molecule has 1 saturated carbocycles. The molecule has 0 aromatic heterocycles. The number of ether oxygens (including phenoxy) is 1. The molecule has 2 fully saturated rings. The average Bonchev–Trinajstić information content (AvgIpc) is 2.78. The molecule has 0 radical (unpaired) electrons. The lowest BCUT2D eigenvalue weighted by Crippen LogP contribution is -2.36. The van der Waals surface area contributed by atoms with Gasteiger partial charge in [-0.25, -0.2) is 8.78 Å². The van der Waals surface area contributed by atoms with Gasteiger partial charge in [0, 0.05) is 25.5 Å². The Balaban J connectivity index is 1.67. The second-order valence-corrected chi connectivity index (χ2v) is 5.57. The molecule has 0 spiro atoms. The summed E-state index contributed by atoms with van der Waals surface area (Å²) in [5, 5.41) is 0. The van der Waals surface area contributed by atoms with Crippen molar-refractivity contribution in [1.29, 1.82) is 0 Å². The predicted octanol–water partition coefficient (Wildman–Crippen LogP) is 3.10. The molecule has 2 rings (SSSR count). The molecular weight excluding hydrogens is 224 g/mol. The van der Waals surface area contributed by atoms with Gasteiger partial charge in [0.2, 0.25) is 5.92 Å². The van der Waals surface area contributed by atoms with Gasteiger partial charge < -0.3 is 10.5 Å². The average molecular weight is 247 g/mol. The van der Waals surface area contributed by atoms with Crippen molar-refractivity contribution in [2.45, 2.75) is 69.4 Å². The van der Waals surface area contributed by atoms with Crippen LogP contribution in [-0.2, 0) is 4.74 Å². The van der Waals surface area contributed by atoms with E-state index in [0.29, 0.717) is 18.9 Å². The first-order valence-electron chi connectivity index (χ1n) is 6.82. The minimum Gasteiger partial charge on any atom is -0.378 e. The van der Waals surface area contributed by atoms with Crippen LogP contribution in [0.15, 0.2) is 0 Å². The number of rotatable bonds is 4. The normalized spacial score (nSPS) is 31.6. The van der Waals surface area contributed by atoms with E-state index in [4.69, 9.17) is 10.5 Å². The molecule has 1 heterocycles. The molecule has 0 bridgehead atoms. The standard InChI is InChI=1S/C13H23F2NO/c14-13(15)7-5-10(6-8-13)12(16)4-3-11-2-1-9-17-11/h10-12H,1-9,16H2. The van der Waals surface area contributed by atoms with Crippen LogP contribution in [0.25, 0.3) is 0 Å². The maximum atomic E-state index is 13.0. The van der Waals surface area contributed by atoms with Gasteiger partial charge in [-0.05, 0) is 44.4 Å². The summed E-state index contributed by atoms with van der Waals surface area (Å²) in [5.74, 6) is -2.15. The Morgan fingerprint density at radius 2 is 1.94 bits per heavy atom. The molecular formula is C13H23F2NO. The van der Waals surface area contributed by atoms with Gasteiger partial charge in [-0.15, -0.1) is 0 Å². The molecule has 1 aliphatic carbocycles. The predicted molar refractivity (Wildman–Crippen MR) is 63.1 cm³/mol. The van der Waals surface area contributed by atoms with Gasteiger partial charge in [-0.1, -0.05) is 0 Å². The smallest absolute Gasteiger partial charge is 0.248 e. The highest BCUT2D eigenvalue weighted by atomic mass is 19.3. The van der Waals surface area contributed by atoms with Gasteiger partial charge in [0.25, 0.3) is 0 Å². The van der Waals surface area contributed by atoms with Crippen molar-refractivity contribution in [2.75, 3.05) is 6.61 Å². The lowest BCUT2D eigenvalue weighted by molar-refractivity contribution is -0.0488. The van der Waals surface area contributed by atoms with E-state index in [1.165, 1.54) is 0 Å². The fraction of sp³-hybridized carbons (Fsp3) is 1.00. The van der Waals surface area contributed by atoms with Crippen LogP contribution < -0.4 is 5.73 Å². The lowest BCUT2D eigenvalue weighted by atomic mass is 9.80. The molecule has 2 atom stereocenters. The van der Waals surface area contributed by atoms with E-state index in [9.17, 15) is 8.78 Å². The van der Waals surface area contributed by atoms with Crippen molar-refractivity contribution in [3.8, 4) is 0 Å². The summed E-state index contributed by atoms with van der Waals surface area (Å²) in [7, 11) is 0. The Kier molecular flexibility index (Phi) is 4.36. The van der Waals surface area contributed by atoms with Crippen molar-refractivity contribution in [3.05, 3.63) is 0 Å². The van der Waals surface area contributed by atoms with Gasteiger partial charge >= 0.3 is 0 Å². The van der Waals surface area contributed by atoms with Crippen molar-refractivity contribution in [2.24, 2.45) is 11.7 Å². The Hall–Kier alpha value is -0.220. The largest absolute Gasteiger partial charge is 0.378 e. The second kappa shape index (κ2) is 5.61. The zero-order valence-corrected chi connectivity index (χ0v) is 10.3. The maximum absolute atomic E-state index is 13.0. The van der Waals surface area contributed by atoms with E-state index in [0.717, 1.165) is 32.3 Å². The number of alkyl halides is 2. The van der Waals surface area contributed by atoms with Gasteiger partial charge in [-0.2, -0.15) is 0 Å². The fourth-order valence-corrected chi connectivity index (χ4v) is 2.98.